The fraction of sp³-hybridized carbons (Fsp3) is 0.424. The van der Waals surface area contributed by atoms with Crippen LogP contribution in [0.15, 0.2) is 48.5 Å². The van der Waals surface area contributed by atoms with Crippen molar-refractivity contribution in [2.24, 2.45) is 0 Å². The van der Waals surface area contributed by atoms with Crippen LogP contribution in [0, 0.1) is 26.2 Å². The van der Waals surface area contributed by atoms with Crippen LogP contribution in [-0.4, -0.2) is 81.4 Å². The Morgan fingerprint density at radius 1 is 0.864 bits per heavy atom. The van der Waals surface area contributed by atoms with Crippen molar-refractivity contribution in [3.05, 3.63) is 70.8 Å². The number of rotatable bonds is 7. The molecular formula is C33H39NO10. The van der Waals surface area contributed by atoms with Gasteiger partial charge < -0.3 is 24.4 Å². The van der Waals surface area contributed by atoms with E-state index in [2.05, 4.69) is 15.4 Å². The first kappa shape index (κ1) is 35.8. The number of terminal acetylenes is 1. The van der Waals surface area contributed by atoms with Crippen molar-refractivity contribution in [3.63, 3.8) is 0 Å². The third-order valence-corrected chi connectivity index (χ3v) is 6.58. The molecule has 1 fully saturated rings. The van der Waals surface area contributed by atoms with Crippen LogP contribution >= 0.6 is 0 Å². The van der Waals surface area contributed by atoms with Crippen molar-refractivity contribution in [3.8, 4) is 12.3 Å². The van der Waals surface area contributed by atoms with Crippen molar-refractivity contribution in [2.75, 3.05) is 13.1 Å². The smallest absolute Gasteiger partial charge is 0.346 e. The van der Waals surface area contributed by atoms with Gasteiger partial charge in [-0.05, 0) is 78.6 Å². The molecule has 2 aromatic rings. The molecule has 0 bridgehead atoms. The normalized spacial score (nSPS) is 17.6. The maximum atomic E-state index is 11.8. The lowest BCUT2D eigenvalue weighted by Crippen LogP contribution is -2.44. The predicted octanol–water partition coefficient (Wildman–Crippen LogP) is 2.91. The molecule has 1 aliphatic heterocycles. The van der Waals surface area contributed by atoms with Crippen molar-refractivity contribution < 1.29 is 48.4 Å². The number of ether oxygens (including phenoxy) is 3. The molecule has 1 aliphatic rings. The van der Waals surface area contributed by atoms with Gasteiger partial charge in [0.15, 0.2) is 12.2 Å². The molecule has 11 nitrogen and oxygen atoms in total. The van der Waals surface area contributed by atoms with Crippen molar-refractivity contribution >= 4 is 29.8 Å². The Labute approximate surface area is 257 Å². The summed E-state index contributed by atoms with van der Waals surface area (Å²) in [7, 11) is 0. The number of hydrogen-bond acceptors (Lipinski definition) is 11. The molecule has 0 saturated carbocycles. The molecule has 2 aromatic carbocycles. The number of aliphatic hydroxyl groups is 2. The third-order valence-electron chi connectivity index (χ3n) is 6.58. The summed E-state index contributed by atoms with van der Waals surface area (Å²) in [6.07, 6.45) is 2.69. The number of likely N-dealkylation sites (tertiary alicyclic amines) is 1. The highest BCUT2D eigenvalue weighted by atomic mass is 16.6. The number of nitrogens with zero attached hydrogens (tertiary/aromatic N) is 1. The Balaban J connectivity index is 0.000000358. The van der Waals surface area contributed by atoms with Crippen molar-refractivity contribution in [1.29, 1.82) is 0 Å². The topological polar surface area (TPSA) is 157 Å². The van der Waals surface area contributed by atoms with E-state index in [0.717, 1.165) is 30.5 Å². The number of carbonyl (C=O) groups excluding carboxylic acids is 5. The van der Waals surface area contributed by atoms with Gasteiger partial charge >= 0.3 is 29.8 Å². The third kappa shape index (κ3) is 10.7. The second-order valence-corrected chi connectivity index (χ2v) is 11.6. The van der Waals surface area contributed by atoms with Gasteiger partial charge in [0.2, 0.25) is 0 Å². The number of esters is 5. The highest BCUT2D eigenvalue weighted by Crippen LogP contribution is 2.28. The summed E-state index contributed by atoms with van der Waals surface area (Å²) in [4.78, 5) is 61.0. The summed E-state index contributed by atoms with van der Waals surface area (Å²) in [6.45, 7) is 12.4. The van der Waals surface area contributed by atoms with Gasteiger partial charge in [0.25, 0.3) is 0 Å². The fourth-order valence-electron chi connectivity index (χ4n) is 4.02. The lowest BCUT2D eigenvalue weighted by molar-refractivity contribution is -0.166. The van der Waals surface area contributed by atoms with E-state index in [9.17, 15) is 34.2 Å². The second-order valence-electron chi connectivity index (χ2n) is 11.6. The maximum absolute atomic E-state index is 11.8. The molecule has 0 aliphatic carbocycles. The van der Waals surface area contributed by atoms with E-state index in [1.165, 1.54) is 24.3 Å². The van der Waals surface area contributed by atoms with E-state index >= 15 is 0 Å². The minimum Gasteiger partial charge on any atom is -0.459 e. The monoisotopic (exact) mass is 609 g/mol. The van der Waals surface area contributed by atoms with Gasteiger partial charge in [0, 0.05) is 6.54 Å². The average molecular weight is 610 g/mol. The molecule has 2 N–H and O–H groups in total. The number of aliphatic hydroxyl groups excluding tert-OH is 2. The molecule has 0 spiro atoms. The van der Waals surface area contributed by atoms with Crippen LogP contribution in [0.25, 0.3) is 0 Å². The van der Waals surface area contributed by atoms with Gasteiger partial charge in [0.05, 0.1) is 23.2 Å². The molecular weight excluding hydrogens is 570 g/mol. The first-order valence-electron chi connectivity index (χ1n) is 13.9. The summed E-state index contributed by atoms with van der Waals surface area (Å²) in [5, 5.41) is 19.5. The van der Waals surface area contributed by atoms with Crippen LogP contribution in [-0.2, 0) is 28.6 Å². The Hall–Kier alpha value is -4.37. The van der Waals surface area contributed by atoms with Gasteiger partial charge in [-0.3, -0.25) is 9.69 Å². The lowest BCUT2D eigenvalue weighted by Gasteiger charge is -2.30. The molecule has 1 saturated heterocycles. The second kappa shape index (κ2) is 15.4. The Kier molecular flexibility index (Phi) is 12.5. The van der Waals surface area contributed by atoms with E-state index in [-0.39, 0.29) is 29.2 Å². The Morgan fingerprint density at radius 2 is 1.27 bits per heavy atom. The van der Waals surface area contributed by atoms with Crippen molar-refractivity contribution in [1.82, 2.24) is 4.90 Å². The first-order chi connectivity index (χ1) is 20.5. The molecule has 3 atom stereocenters. The molecule has 3 rings (SSSR count). The van der Waals surface area contributed by atoms with Gasteiger partial charge in [0.1, 0.15) is 5.60 Å². The van der Waals surface area contributed by atoms with E-state index in [1.54, 1.807) is 38.1 Å². The van der Waals surface area contributed by atoms with Crippen LogP contribution < -0.4 is 0 Å². The highest BCUT2D eigenvalue weighted by molar-refractivity contribution is 6.01. The highest BCUT2D eigenvalue weighted by Gasteiger charge is 2.37. The van der Waals surface area contributed by atoms with Gasteiger partial charge in [-0.2, -0.15) is 0 Å². The molecule has 1 heterocycles. The zero-order chi connectivity index (χ0) is 33.2. The Bertz CT molecular complexity index is 1310. The van der Waals surface area contributed by atoms with E-state index in [1.807, 2.05) is 32.6 Å². The van der Waals surface area contributed by atoms with Crippen LogP contribution in [0.1, 0.15) is 72.4 Å². The quantitative estimate of drug-likeness (QED) is 0.206. The number of benzene rings is 2. The van der Waals surface area contributed by atoms with Crippen LogP contribution in [0.5, 0.6) is 0 Å². The van der Waals surface area contributed by atoms with Crippen LogP contribution in [0.3, 0.4) is 0 Å². The van der Waals surface area contributed by atoms with E-state index in [4.69, 9.17) is 11.2 Å². The lowest BCUT2D eigenvalue weighted by atomic mass is 10.0. The SMILES string of the molecule is C#C[C@]1(C)CCCN1CC(=O)OC(C)(C)C.Cc1ccc(C(=O)OC(=O)[C@@H](O)[C@H](O)C(=O)OC(=O)c2ccc(C)cc2)cc1. The number of aryl methyl sites for hydroxylation is 2. The van der Waals surface area contributed by atoms with Gasteiger partial charge in [-0.25, -0.2) is 19.2 Å². The molecule has 44 heavy (non-hydrogen) atoms. The van der Waals surface area contributed by atoms with E-state index in [0.29, 0.717) is 0 Å². The minimum atomic E-state index is -2.41. The summed E-state index contributed by atoms with van der Waals surface area (Å²) >= 11 is 0. The molecule has 0 amide bonds. The van der Waals surface area contributed by atoms with E-state index < -0.39 is 41.7 Å². The molecule has 236 valence electrons. The summed E-state index contributed by atoms with van der Waals surface area (Å²) in [5.74, 6) is -2.67. The standard InChI is InChI=1S/C20H18O8.C13H21NO2/c1-11-3-7-13(8-4-11)17(23)27-19(25)15(21)16(22)20(26)28-18(24)14-9-5-12(2)6-10-14;1-6-13(5)8-7-9-14(13)10-11(15)16-12(2,3)4/h3-10,15-16,21-22H,1-2H3;1H,7-10H2,2-5H3/t15-,16-;13-/m01/s1. The molecule has 11 heteroatoms. The zero-order valence-corrected chi connectivity index (χ0v) is 25.8. The predicted molar refractivity (Wildman–Crippen MR) is 159 cm³/mol. The number of carbonyl (C=O) groups is 5. The maximum Gasteiger partial charge on any atom is 0.346 e. The van der Waals surface area contributed by atoms with Crippen LogP contribution in [0.4, 0.5) is 0 Å². The van der Waals surface area contributed by atoms with Gasteiger partial charge in [-0.1, -0.05) is 41.3 Å². The molecule has 0 radical (unpaired) electrons. The largest absolute Gasteiger partial charge is 0.459 e. The van der Waals surface area contributed by atoms with Crippen molar-refractivity contribution in [2.45, 2.75) is 77.7 Å². The van der Waals surface area contributed by atoms with Crippen LogP contribution in [0.2, 0.25) is 0 Å². The zero-order valence-electron chi connectivity index (χ0n) is 25.8. The average Bonchev–Trinajstić information content (AvgIpc) is 3.31. The Morgan fingerprint density at radius 3 is 1.64 bits per heavy atom. The number of hydrogen-bond donors (Lipinski definition) is 2. The molecule has 0 aromatic heterocycles. The minimum absolute atomic E-state index is 0.0396. The first-order valence-corrected chi connectivity index (χ1v) is 13.9. The fourth-order valence-corrected chi connectivity index (χ4v) is 4.02. The summed E-state index contributed by atoms with van der Waals surface area (Å²) in [6, 6.07) is 12.1. The summed E-state index contributed by atoms with van der Waals surface area (Å²) in [5.41, 5.74) is 1.12. The van der Waals surface area contributed by atoms with Gasteiger partial charge in [-0.15, -0.1) is 6.42 Å². The molecule has 0 unspecified atom stereocenters. The summed E-state index contributed by atoms with van der Waals surface area (Å²) < 4.78 is 14.2.